The van der Waals surface area contributed by atoms with Crippen LogP contribution in [0.15, 0.2) is 0 Å². The summed E-state index contributed by atoms with van der Waals surface area (Å²) >= 11 is 0. The van der Waals surface area contributed by atoms with Crippen molar-refractivity contribution in [2.45, 2.75) is 56.4 Å². The van der Waals surface area contributed by atoms with E-state index in [0.29, 0.717) is 18.2 Å². The molecule has 3 heterocycles. The number of ether oxygens (including phenoxy) is 1. The molecule has 4 nitrogen and oxygen atoms in total. The van der Waals surface area contributed by atoms with E-state index in [0.717, 1.165) is 32.2 Å². The Kier molecular flexibility index (Phi) is 2.64. The van der Waals surface area contributed by atoms with Gasteiger partial charge in [-0.3, -0.25) is 4.79 Å². The van der Waals surface area contributed by atoms with Crippen LogP contribution in [0.2, 0.25) is 0 Å². The first-order chi connectivity index (χ1) is 7.79. The van der Waals surface area contributed by atoms with Gasteiger partial charge in [-0.2, -0.15) is 0 Å². The van der Waals surface area contributed by atoms with Crippen LogP contribution in [-0.2, 0) is 9.53 Å². The quantitative estimate of drug-likeness (QED) is 0.743. The van der Waals surface area contributed by atoms with Gasteiger partial charge in [-0.1, -0.05) is 0 Å². The lowest BCUT2D eigenvalue weighted by Gasteiger charge is -2.38. The van der Waals surface area contributed by atoms with Crippen molar-refractivity contribution in [3.05, 3.63) is 0 Å². The van der Waals surface area contributed by atoms with Gasteiger partial charge < -0.3 is 15.0 Å². The van der Waals surface area contributed by atoms with Gasteiger partial charge in [0.1, 0.15) is 0 Å². The first-order valence-corrected chi connectivity index (χ1v) is 6.43. The van der Waals surface area contributed by atoms with Crippen LogP contribution in [0, 0.1) is 0 Å². The molecule has 3 fully saturated rings. The maximum absolute atomic E-state index is 12.2. The summed E-state index contributed by atoms with van der Waals surface area (Å²) < 4.78 is 5.84. The fraction of sp³-hybridized carbons (Fsp3) is 0.917. The number of amides is 1. The van der Waals surface area contributed by atoms with Gasteiger partial charge >= 0.3 is 0 Å². The second kappa shape index (κ2) is 4.00. The zero-order chi connectivity index (χ0) is 11.1. The number of piperidine rings is 1. The van der Waals surface area contributed by atoms with E-state index in [1.54, 1.807) is 0 Å². The number of fused-ring (bicyclic) bond motifs is 2. The summed E-state index contributed by atoms with van der Waals surface area (Å²) in [5.74, 6) is 0.287. The number of likely N-dealkylation sites (N-methyl/N-ethyl adjacent to an activating group) is 1. The monoisotopic (exact) mass is 224 g/mol. The summed E-state index contributed by atoms with van der Waals surface area (Å²) in [7, 11) is 1.88. The van der Waals surface area contributed by atoms with Gasteiger partial charge in [-0.05, 0) is 39.2 Å². The Morgan fingerprint density at radius 3 is 2.88 bits per heavy atom. The van der Waals surface area contributed by atoms with E-state index in [2.05, 4.69) is 10.2 Å². The third-order valence-corrected chi connectivity index (χ3v) is 4.30. The lowest BCUT2D eigenvalue weighted by molar-refractivity contribution is -0.139. The van der Waals surface area contributed by atoms with Crippen molar-refractivity contribution in [1.82, 2.24) is 10.2 Å². The van der Waals surface area contributed by atoms with Crippen molar-refractivity contribution < 1.29 is 9.53 Å². The van der Waals surface area contributed by atoms with Crippen molar-refractivity contribution >= 4 is 5.91 Å². The molecule has 2 bridgehead atoms. The average Bonchev–Trinajstić information content (AvgIpc) is 2.91. The Morgan fingerprint density at radius 1 is 1.38 bits per heavy atom. The van der Waals surface area contributed by atoms with Crippen molar-refractivity contribution in [2.75, 3.05) is 13.6 Å². The summed E-state index contributed by atoms with van der Waals surface area (Å²) in [6.07, 6.45) is 6.25. The molecule has 4 unspecified atom stereocenters. The zero-order valence-electron chi connectivity index (χ0n) is 9.82. The molecule has 1 amide bonds. The van der Waals surface area contributed by atoms with Crippen molar-refractivity contribution in [3.8, 4) is 0 Å². The van der Waals surface area contributed by atoms with Gasteiger partial charge in [-0.25, -0.2) is 0 Å². The van der Waals surface area contributed by atoms with E-state index in [1.165, 1.54) is 6.42 Å². The van der Waals surface area contributed by atoms with E-state index in [9.17, 15) is 4.79 Å². The number of hydrogen-bond donors (Lipinski definition) is 1. The van der Waals surface area contributed by atoms with Crippen LogP contribution in [0.4, 0.5) is 0 Å². The topological polar surface area (TPSA) is 41.6 Å². The van der Waals surface area contributed by atoms with Gasteiger partial charge in [0.15, 0.2) is 0 Å². The van der Waals surface area contributed by atoms with Gasteiger partial charge in [0, 0.05) is 6.54 Å². The molecule has 3 aliphatic rings. The normalized spacial score (nSPS) is 43.1. The van der Waals surface area contributed by atoms with Crippen LogP contribution in [0.25, 0.3) is 0 Å². The van der Waals surface area contributed by atoms with Gasteiger partial charge in [-0.15, -0.1) is 0 Å². The van der Waals surface area contributed by atoms with E-state index >= 15 is 0 Å². The SMILES string of the molecule is CNC1CCCN(C2CC3CCC2O3)C1=O. The molecule has 3 saturated heterocycles. The number of nitrogens with one attached hydrogen (secondary N) is 1. The molecule has 1 N–H and O–H groups in total. The highest BCUT2D eigenvalue weighted by Crippen LogP contribution is 2.38. The molecule has 0 spiro atoms. The van der Waals surface area contributed by atoms with Gasteiger partial charge in [0.2, 0.25) is 5.91 Å². The smallest absolute Gasteiger partial charge is 0.240 e. The van der Waals surface area contributed by atoms with E-state index < -0.39 is 0 Å². The molecule has 0 aromatic rings. The van der Waals surface area contributed by atoms with Crippen LogP contribution in [0.3, 0.4) is 0 Å². The Balaban J connectivity index is 1.72. The predicted octanol–water partition coefficient (Wildman–Crippen LogP) is 0.517. The summed E-state index contributed by atoms with van der Waals surface area (Å²) in [5, 5.41) is 3.12. The molecule has 4 heteroatoms. The Hall–Kier alpha value is -0.610. The van der Waals surface area contributed by atoms with E-state index in [1.807, 2.05) is 7.05 Å². The Bertz CT molecular complexity index is 295. The molecule has 90 valence electrons. The highest BCUT2D eigenvalue weighted by Gasteiger charge is 2.46. The van der Waals surface area contributed by atoms with Crippen LogP contribution < -0.4 is 5.32 Å². The van der Waals surface area contributed by atoms with Crippen LogP contribution >= 0.6 is 0 Å². The number of rotatable bonds is 2. The minimum atomic E-state index is 0.0351. The number of carbonyl (C=O) groups is 1. The number of hydrogen-bond acceptors (Lipinski definition) is 3. The molecule has 0 radical (unpaired) electrons. The summed E-state index contributed by atoms with van der Waals surface area (Å²) in [4.78, 5) is 14.3. The standard InChI is InChI=1S/C12H20N2O2/c1-13-9-3-2-6-14(12(9)15)10-7-8-4-5-11(10)16-8/h8-11,13H,2-7H2,1H3. The second-order valence-electron chi connectivity index (χ2n) is 5.19. The molecule has 16 heavy (non-hydrogen) atoms. The fourth-order valence-electron chi connectivity index (χ4n) is 3.44. The third kappa shape index (κ3) is 1.55. The summed E-state index contributed by atoms with van der Waals surface area (Å²) in [6.45, 7) is 0.925. The van der Waals surface area contributed by atoms with Crippen molar-refractivity contribution in [2.24, 2.45) is 0 Å². The van der Waals surface area contributed by atoms with Crippen LogP contribution in [0.1, 0.15) is 32.1 Å². The van der Waals surface area contributed by atoms with Crippen molar-refractivity contribution in [1.29, 1.82) is 0 Å². The van der Waals surface area contributed by atoms with Gasteiger partial charge in [0.05, 0.1) is 24.3 Å². The maximum Gasteiger partial charge on any atom is 0.240 e. The molecule has 4 atom stereocenters. The van der Waals surface area contributed by atoms with Crippen LogP contribution in [0.5, 0.6) is 0 Å². The minimum absolute atomic E-state index is 0.0351. The molecule has 3 aliphatic heterocycles. The summed E-state index contributed by atoms with van der Waals surface area (Å²) in [5.41, 5.74) is 0. The van der Waals surface area contributed by atoms with Gasteiger partial charge in [0.25, 0.3) is 0 Å². The fourth-order valence-corrected chi connectivity index (χ4v) is 3.44. The number of likely N-dealkylation sites (tertiary alicyclic amines) is 1. The highest BCUT2D eigenvalue weighted by molar-refractivity contribution is 5.83. The molecular weight excluding hydrogens is 204 g/mol. The average molecular weight is 224 g/mol. The largest absolute Gasteiger partial charge is 0.373 e. The van der Waals surface area contributed by atoms with E-state index in [-0.39, 0.29) is 11.9 Å². The zero-order valence-corrected chi connectivity index (χ0v) is 9.82. The first-order valence-electron chi connectivity index (χ1n) is 6.43. The molecule has 3 rings (SSSR count). The maximum atomic E-state index is 12.2. The summed E-state index contributed by atoms with van der Waals surface area (Å²) in [6, 6.07) is 0.398. The lowest BCUT2D eigenvalue weighted by atomic mass is 9.91. The first kappa shape index (κ1) is 10.5. The van der Waals surface area contributed by atoms with Crippen molar-refractivity contribution in [3.63, 3.8) is 0 Å². The predicted molar refractivity (Wildman–Crippen MR) is 60.1 cm³/mol. The molecule has 0 saturated carbocycles. The molecule has 0 aromatic heterocycles. The highest BCUT2D eigenvalue weighted by atomic mass is 16.5. The molecule has 0 aromatic carbocycles. The Morgan fingerprint density at radius 2 is 2.25 bits per heavy atom. The molecule has 0 aliphatic carbocycles. The number of carbonyl (C=O) groups excluding carboxylic acids is 1. The van der Waals surface area contributed by atoms with Crippen LogP contribution in [-0.4, -0.2) is 48.7 Å². The number of nitrogens with zero attached hydrogens (tertiary/aromatic N) is 1. The minimum Gasteiger partial charge on any atom is -0.373 e. The molecular formula is C12H20N2O2. The third-order valence-electron chi connectivity index (χ3n) is 4.30. The Labute approximate surface area is 96.3 Å². The lowest BCUT2D eigenvalue weighted by Crippen LogP contribution is -2.55. The van der Waals surface area contributed by atoms with E-state index in [4.69, 9.17) is 4.74 Å². The second-order valence-corrected chi connectivity index (χ2v) is 5.19.